The van der Waals surface area contributed by atoms with Crippen LogP contribution in [0, 0.1) is 5.92 Å². The number of carboxylic acid groups (broad SMARTS) is 2. The van der Waals surface area contributed by atoms with Crippen LogP contribution < -0.4 is 38.1 Å². The Labute approximate surface area is 471 Å². The Morgan fingerprint density at radius 2 is 0.988 bits per heavy atom. The fourth-order valence-electron chi connectivity index (χ4n) is 10.7. The van der Waals surface area contributed by atoms with Gasteiger partial charge in [0.05, 0.1) is 6.04 Å². The van der Waals surface area contributed by atoms with E-state index in [1.807, 2.05) is 30.3 Å². The predicted molar refractivity (Wildman–Crippen MR) is 296 cm³/mol. The minimum atomic E-state index is -1.47. The maximum Gasteiger partial charge on any atom is 0.326 e. The number of phenolic OH excluding ortho intramolecular Hbond substituents is 1. The van der Waals surface area contributed by atoms with Gasteiger partial charge in [-0.25, -0.2) is 4.79 Å². The lowest BCUT2D eigenvalue weighted by molar-refractivity contribution is -0.145. The SMILES string of the molecule is CC(C)[C@H](NC(=O)[C@@H]1CCCN1C(=O)[C@H](Cc1ccc(O)cc1)NC(=O)[C@H](CCCCN)NC(=O)[C@@H]1CCCN1C(=O)[C@@H](N)Cc1ccccc1)C(=O)N[C@@H](CCC(=O)O)C(=O)N1CCC[C@H]1C(=O)N[C@@H](Cc1ccccc1)C(=O)O. The van der Waals surface area contributed by atoms with Gasteiger partial charge >= 0.3 is 11.9 Å². The van der Waals surface area contributed by atoms with E-state index in [2.05, 4.69) is 26.6 Å². The summed E-state index contributed by atoms with van der Waals surface area (Å²) in [5, 5.41) is 43.3. The van der Waals surface area contributed by atoms with Gasteiger partial charge in [0.15, 0.2) is 0 Å². The van der Waals surface area contributed by atoms with Crippen LogP contribution in [0.25, 0.3) is 0 Å². The molecule has 0 aromatic heterocycles. The summed E-state index contributed by atoms with van der Waals surface area (Å²) in [5.41, 5.74) is 14.2. The van der Waals surface area contributed by atoms with E-state index < -0.39 is 126 Å². The highest BCUT2D eigenvalue weighted by Gasteiger charge is 2.43. The average molecular weight is 1120 g/mol. The molecule has 0 radical (unpaired) electrons. The highest BCUT2D eigenvalue weighted by molar-refractivity contribution is 5.99. The average Bonchev–Trinajstić information content (AvgIpc) is 4.27. The third kappa shape index (κ3) is 17.5. The number of likely N-dealkylation sites (tertiary alicyclic amines) is 3. The maximum atomic E-state index is 14.9. The van der Waals surface area contributed by atoms with Crippen molar-refractivity contribution < 1.29 is 63.3 Å². The van der Waals surface area contributed by atoms with E-state index in [0.29, 0.717) is 62.7 Å². The van der Waals surface area contributed by atoms with E-state index in [1.54, 1.807) is 56.3 Å². The largest absolute Gasteiger partial charge is 0.508 e. The standard InChI is InChI=1S/C58H78N10O13/c1-35(2)49(54(76)62-42(26-27-48(70)71)56(78)67-30-12-20-46(67)52(74)64-44(58(80)81)34-37-16-7-4-8-17-37)65-53(75)47-21-13-31-68(47)57(79)43(33-38-22-24-39(69)25-23-38)63-50(72)41(18-9-10-28-59)61-51(73)45-19-11-29-66(45)55(77)40(60)32-36-14-5-3-6-15-36/h3-8,14-17,22-25,35,40-47,49,69H,9-13,18-21,26-34,59-60H2,1-2H3,(H,61,73)(H,62,76)(H,63,72)(H,64,74)(H,65,75)(H,70,71)(H,80,81)/t40-,41-,42-,43-,44-,45-,46-,47-,49-/m0/s1. The highest BCUT2D eigenvalue weighted by atomic mass is 16.4. The van der Waals surface area contributed by atoms with Gasteiger partial charge in [-0.2, -0.15) is 0 Å². The van der Waals surface area contributed by atoms with Gasteiger partial charge in [0.25, 0.3) is 0 Å². The van der Waals surface area contributed by atoms with Crippen LogP contribution >= 0.6 is 0 Å². The molecule has 3 aromatic rings. The van der Waals surface area contributed by atoms with Crippen molar-refractivity contribution in [3.8, 4) is 5.75 Å². The quantitative estimate of drug-likeness (QED) is 0.0451. The Morgan fingerprint density at radius 1 is 0.531 bits per heavy atom. The Balaban J connectivity index is 1.16. The number of hydrogen-bond acceptors (Lipinski definition) is 13. The van der Waals surface area contributed by atoms with E-state index in [0.717, 1.165) is 5.56 Å². The normalized spacial score (nSPS) is 19.1. The first-order valence-electron chi connectivity index (χ1n) is 28.0. The molecular weight excluding hydrogens is 1040 g/mol. The van der Waals surface area contributed by atoms with Gasteiger partial charge in [-0.1, -0.05) is 86.6 Å². The zero-order valence-electron chi connectivity index (χ0n) is 46.0. The number of unbranched alkanes of at least 4 members (excludes halogenated alkanes) is 1. The molecule has 3 heterocycles. The minimum Gasteiger partial charge on any atom is -0.508 e. The fourth-order valence-corrected chi connectivity index (χ4v) is 10.7. The zero-order chi connectivity index (χ0) is 58.8. The number of benzene rings is 3. The minimum absolute atomic E-state index is 0.0259. The molecule has 23 nitrogen and oxygen atoms in total. The summed E-state index contributed by atoms with van der Waals surface area (Å²) in [6.07, 6.45) is 2.22. The van der Waals surface area contributed by atoms with Gasteiger partial charge in [0, 0.05) is 38.9 Å². The van der Waals surface area contributed by atoms with Gasteiger partial charge in [-0.3, -0.25) is 43.2 Å². The highest BCUT2D eigenvalue weighted by Crippen LogP contribution is 2.25. The summed E-state index contributed by atoms with van der Waals surface area (Å²) in [6.45, 7) is 4.03. The summed E-state index contributed by atoms with van der Waals surface area (Å²) >= 11 is 0. The number of aliphatic carboxylic acids is 2. The van der Waals surface area contributed by atoms with Crippen molar-refractivity contribution in [2.24, 2.45) is 17.4 Å². The summed E-state index contributed by atoms with van der Waals surface area (Å²) in [5.74, 6) is -8.58. The van der Waals surface area contributed by atoms with Gasteiger partial charge in [0.1, 0.15) is 54.1 Å². The molecule has 3 fully saturated rings. The lowest BCUT2D eigenvalue weighted by Gasteiger charge is -2.32. The molecule has 3 aliphatic rings. The second-order valence-electron chi connectivity index (χ2n) is 21.5. The predicted octanol–water partition coefficient (Wildman–Crippen LogP) is 0.879. The Hall–Kier alpha value is -7.92. The van der Waals surface area contributed by atoms with Crippen LogP contribution in [0.2, 0.25) is 0 Å². The van der Waals surface area contributed by atoms with E-state index >= 15 is 0 Å². The van der Waals surface area contributed by atoms with E-state index in [1.165, 1.54) is 26.8 Å². The van der Waals surface area contributed by atoms with Crippen molar-refractivity contribution >= 4 is 59.2 Å². The van der Waals surface area contributed by atoms with Crippen LogP contribution in [-0.2, 0) is 67.2 Å². The van der Waals surface area contributed by atoms with Gasteiger partial charge < -0.3 is 68.1 Å². The molecule has 3 aliphatic heterocycles. The number of amides is 8. The third-order valence-electron chi connectivity index (χ3n) is 15.1. The van der Waals surface area contributed by atoms with Crippen molar-refractivity contribution in [1.82, 2.24) is 41.3 Å². The van der Waals surface area contributed by atoms with Gasteiger partial charge in [0.2, 0.25) is 47.3 Å². The van der Waals surface area contributed by atoms with Crippen molar-refractivity contribution in [3.05, 3.63) is 102 Å². The molecule has 3 aromatic carbocycles. The van der Waals surface area contributed by atoms with E-state index in [9.17, 15) is 63.3 Å². The first-order chi connectivity index (χ1) is 38.8. The van der Waals surface area contributed by atoms with Crippen LogP contribution in [0.4, 0.5) is 0 Å². The second-order valence-corrected chi connectivity index (χ2v) is 21.5. The number of nitrogens with one attached hydrogen (secondary N) is 5. The Morgan fingerprint density at radius 3 is 1.49 bits per heavy atom. The first-order valence-corrected chi connectivity index (χ1v) is 28.0. The zero-order valence-corrected chi connectivity index (χ0v) is 46.0. The molecule has 438 valence electrons. The number of aromatic hydroxyl groups is 1. The van der Waals surface area contributed by atoms with E-state index in [4.69, 9.17) is 11.5 Å². The smallest absolute Gasteiger partial charge is 0.326 e. The number of phenols is 1. The molecule has 8 amide bonds. The number of carbonyl (C=O) groups is 10. The molecule has 0 spiro atoms. The first kappa shape index (κ1) is 62.3. The molecule has 81 heavy (non-hydrogen) atoms. The molecule has 23 heteroatoms. The number of rotatable bonds is 28. The summed E-state index contributed by atoms with van der Waals surface area (Å²) in [4.78, 5) is 142. The van der Waals surface area contributed by atoms with Crippen molar-refractivity contribution in [1.29, 1.82) is 0 Å². The van der Waals surface area contributed by atoms with Crippen molar-refractivity contribution in [2.75, 3.05) is 26.2 Å². The van der Waals surface area contributed by atoms with Crippen LogP contribution in [0.5, 0.6) is 5.75 Å². The summed E-state index contributed by atoms with van der Waals surface area (Å²) in [7, 11) is 0. The molecule has 6 rings (SSSR count). The maximum absolute atomic E-state index is 14.9. The van der Waals surface area contributed by atoms with Crippen molar-refractivity contribution in [3.63, 3.8) is 0 Å². The number of carbonyl (C=O) groups excluding carboxylic acids is 8. The number of nitrogens with zero attached hydrogens (tertiary/aromatic N) is 3. The number of carboxylic acids is 2. The van der Waals surface area contributed by atoms with E-state index in [-0.39, 0.29) is 63.8 Å². The monoisotopic (exact) mass is 1120 g/mol. The Kier molecular flexibility index (Phi) is 23.1. The lowest BCUT2D eigenvalue weighted by atomic mass is 10.0. The lowest BCUT2D eigenvalue weighted by Crippen LogP contribution is -2.61. The molecular formula is C58H78N10O13. The summed E-state index contributed by atoms with van der Waals surface area (Å²) < 4.78 is 0. The van der Waals surface area contributed by atoms with Crippen LogP contribution in [-0.4, -0.2) is 170 Å². The molecule has 0 unspecified atom stereocenters. The fraction of sp³-hybridized carbons (Fsp3) is 0.517. The number of hydrogen-bond donors (Lipinski definition) is 10. The number of nitrogens with two attached hydrogens (primary N) is 2. The molecule has 0 aliphatic carbocycles. The Bertz CT molecular complexity index is 2680. The molecule has 9 atom stereocenters. The molecule has 12 N–H and O–H groups in total. The van der Waals surface area contributed by atoms with Crippen LogP contribution in [0.15, 0.2) is 84.9 Å². The van der Waals surface area contributed by atoms with Crippen LogP contribution in [0.3, 0.4) is 0 Å². The topological polar surface area (TPSA) is 353 Å². The molecule has 0 bridgehead atoms. The second kappa shape index (κ2) is 30.1. The molecule has 3 saturated heterocycles. The summed E-state index contributed by atoms with van der Waals surface area (Å²) in [6, 6.07) is 13.2. The third-order valence-corrected chi connectivity index (χ3v) is 15.1. The van der Waals surface area contributed by atoms with Crippen molar-refractivity contribution in [2.45, 2.75) is 158 Å². The van der Waals surface area contributed by atoms with Gasteiger partial charge in [-0.15, -0.1) is 0 Å². The van der Waals surface area contributed by atoms with Gasteiger partial charge in [-0.05, 0) is 112 Å². The van der Waals surface area contributed by atoms with Crippen LogP contribution in [0.1, 0.15) is 101 Å². The molecule has 0 saturated carbocycles.